The van der Waals surface area contributed by atoms with Crippen molar-refractivity contribution in [2.45, 2.75) is 27.0 Å². The first-order valence-electron chi connectivity index (χ1n) is 7.98. The number of aromatic amines is 1. The molecule has 130 valence electrons. The van der Waals surface area contributed by atoms with Crippen molar-refractivity contribution in [3.8, 4) is 0 Å². The van der Waals surface area contributed by atoms with Crippen LogP contribution in [0, 0.1) is 13.8 Å². The summed E-state index contributed by atoms with van der Waals surface area (Å²) in [7, 11) is 1.57. The maximum Gasteiger partial charge on any atom is 0.287 e. The molecule has 2 N–H and O–H groups in total. The fourth-order valence-electron chi connectivity index (χ4n) is 2.92. The van der Waals surface area contributed by atoms with Crippen molar-refractivity contribution < 1.29 is 13.9 Å². The summed E-state index contributed by atoms with van der Waals surface area (Å²) in [6.07, 6.45) is 0. The molecule has 0 saturated carbocycles. The number of ether oxygens (including phenoxy) is 1. The Kier molecular flexibility index (Phi) is 4.72. The molecule has 2 heterocycles. The van der Waals surface area contributed by atoms with Gasteiger partial charge in [-0.3, -0.25) is 9.59 Å². The Morgan fingerprint density at radius 2 is 2.00 bits per heavy atom. The number of carbonyl (C=O) groups excluding carboxylic acids is 1. The van der Waals surface area contributed by atoms with E-state index in [1.54, 1.807) is 13.2 Å². The first kappa shape index (κ1) is 17.0. The zero-order valence-electron chi connectivity index (χ0n) is 14.4. The first-order chi connectivity index (χ1) is 12.0. The van der Waals surface area contributed by atoms with Crippen LogP contribution in [0.1, 0.15) is 32.9 Å². The van der Waals surface area contributed by atoms with Gasteiger partial charge in [0, 0.05) is 35.9 Å². The van der Waals surface area contributed by atoms with Crippen LogP contribution in [0.5, 0.6) is 0 Å². The Morgan fingerprint density at radius 1 is 1.24 bits per heavy atom. The molecule has 0 fully saturated rings. The van der Waals surface area contributed by atoms with Crippen molar-refractivity contribution in [1.82, 2.24) is 10.3 Å². The topological polar surface area (TPSA) is 84.3 Å². The number of pyridine rings is 1. The summed E-state index contributed by atoms with van der Waals surface area (Å²) >= 11 is 0. The minimum atomic E-state index is -0.373. The Hall–Kier alpha value is -2.86. The summed E-state index contributed by atoms with van der Waals surface area (Å²) in [5.74, 6) is -0.160. The lowest BCUT2D eigenvalue weighted by atomic mass is 10.1. The van der Waals surface area contributed by atoms with Crippen LogP contribution in [-0.4, -0.2) is 18.0 Å². The molecular weight excluding hydrogens is 320 g/mol. The lowest BCUT2D eigenvalue weighted by Crippen LogP contribution is -2.28. The molecule has 0 radical (unpaired) electrons. The van der Waals surface area contributed by atoms with Gasteiger partial charge in [-0.05, 0) is 31.5 Å². The molecule has 1 aromatic carbocycles. The van der Waals surface area contributed by atoms with Gasteiger partial charge in [-0.2, -0.15) is 0 Å². The van der Waals surface area contributed by atoms with Gasteiger partial charge in [0.15, 0.2) is 5.76 Å². The van der Waals surface area contributed by atoms with Gasteiger partial charge in [0.2, 0.25) is 0 Å². The van der Waals surface area contributed by atoms with Crippen LogP contribution >= 0.6 is 0 Å². The number of aryl methyl sites for hydroxylation is 2. The summed E-state index contributed by atoms with van der Waals surface area (Å²) in [5, 5.41) is 3.61. The number of aromatic nitrogens is 1. The monoisotopic (exact) mass is 340 g/mol. The fraction of sp³-hybridized carbons (Fsp3) is 0.263. The van der Waals surface area contributed by atoms with Crippen molar-refractivity contribution >= 4 is 16.9 Å². The molecule has 0 aliphatic rings. The molecule has 3 rings (SSSR count). The predicted octanol–water partition coefficient (Wildman–Crippen LogP) is 2.81. The van der Waals surface area contributed by atoms with E-state index in [9.17, 15) is 9.59 Å². The van der Waals surface area contributed by atoms with Crippen molar-refractivity contribution in [2.75, 3.05) is 7.11 Å². The molecule has 0 aliphatic heterocycles. The van der Waals surface area contributed by atoms with Gasteiger partial charge < -0.3 is 19.5 Å². The molecule has 6 nitrogen and oxygen atoms in total. The first-order valence-corrected chi connectivity index (χ1v) is 7.98. The quantitative estimate of drug-likeness (QED) is 0.748. The zero-order valence-corrected chi connectivity index (χ0v) is 14.4. The number of fused-ring (bicyclic) bond motifs is 1. The van der Waals surface area contributed by atoms with Gasteiger partial charge in [-0.25, -0.2) is 0 Å². The number of carbonyl (C=O) groups is 1. The van der Waals surface area contributed by atoms with Gasteiger partial charge in [-0.1, -0.05) is 18.2 Å². The summed E-state index contributed by atoms with van der Waals surface area (Å²) in [6.45, 7) is 4.07. The molecule has 0 aliphatic carbocycles. The van der Waals surface area contributed by atoms with E-state index < -0.39 is 0 Å². The highest BCUT2D eigenvalue weighted by atomic mass is 16.5. The van der Waals surface area contributed by atoms with E-state index in [1.165, 1.54) is 0 Å². The predicted molar refractivity (Wildman–Crippen MR) is 94.6 cm³/mol. The van der Waals surface area contributed by atoms with E-state index in [0.717, 1.165) is 16.6 Å². The Bertz CT molecular complexity index is 985. The smallest absolute Gasteiger partial charge is 0.287 e. The lowest BCUT2D eigenvalue weighted by molar-refractivity contribution is 0.0918. The summed E-state index contributed by atoms with van der Waals surface area (Å²) in [6, 6.07) is 9.30. The van der Waals surface area contributed by atoms with Gasteiger partial charge in [0.25, 0.3) is 11.5 Å². The van der Waals surface area contributed by atoms with Crippen LogP contribution in [0.2, 0.25) is 0 Å². The third kappa shape index (κ3) is 3.34. The number of nitrogens with one attached hydrogen (secondary N) is 2. The summed E-state index contributed by atoms with van der Waals surface area (Å²) in [5.41, 5.74) is 3.29. The number of hydrogen-bond donors (Lipinski definition) is 2. The van der Waals surface area contributed by atoms with Crippen molar-refractivity contribution in [2.24, 2.45) is 0 Å². The number of H-pyrrole nitrogens is 1. The molecule has 6 heteroatoms. The maximum absolute atomic E-state index is 12.6. The highest BCUT2D eigenvalue weighted by Crippen LogP contribution is 2.26. The lowest BCUT2D eigenvalue weighted by Gasteiger charge is -2.08. The molecular formula is C19H20N2O4. The second-order valence-electron chi connectivity index (χ2n) is 5.96. The SMILES string of the molecule is COCc1c(C(=O)NCc2c(C)cc(C)[nH]c2=O)oc2ccccc12. The van der Waals surface area contributed by atoms with E-state index in [4.69, 9.17) is 9.15 Å². The zero-order chi connectivity index (χ0) is 18.0. The number of benzene rings is 1. The van der Waals surface area contributed by atoms with Crippen molar-refractivity contribution in [3.63, 3.8) is 0 Å². The highest BCUT2D eigenvalue weighted by Gasteiger charge is 2.20. The summed E-state index contributed by atoms with van der Waals surface area (Å²) < 4.78 is 10.9. The molecule has 25 heavy (non-hydrogen) atoms. The van der Waals surface area contributed by atoms with E-state index in [2.05, 4.69) is 10.3 Å². The third-order valence-electron chi connectivity index (χ3n) is 4.11. The van der Waals surface area contributed by atoms with Crippen LogP contribution in [0.4, 0.5) is 0 Å². The minimum absolute atomic E-state index is 0.129. The fourth-order valence-corrected chi connectivity index (χ4v) is 2.92. The number of rotatable bonds is 5. The molecule has 0 bridgehead atoms. The van der Waals surface area contributed by atoms with Crippen LogP contribution in [0.25, 0.3) is 11.0 Å². The minimum Gasteiger partial charge on any atom is -0.451 e. The van der Waals surface area contributed by atoms with Gasteiger partial charge in [0.1, 0.15) is 5.58 Å². The largest absolute Gasteiger partial charge is 0.451 e. The number of methoxy groups -OCH3 is 1. The maximum atomic E-state index is 12.6. The third-order valence-corrected chi connectivity index (χ3v) is 4.11. The Labute approximate surface area is 144 Å². The van der Waals surface area contributed by atoms with Crippen molar-refractivity contribution in [1.29, 1.82) is 0 Å². The second-order valence-corrected chi connectivity index (χ2v) is 5.96. The van der Waals surface area contributed by atoms with Crippen LogP contribution in [-0.2, 0) is 17.9 Å². The average molecular weight is 340 g/mol. The molecule has 2 aromatic heterocycles. The number of para-hydroxylation sites is 1. The number of amides is 1. The van der Waals surface area contributed by atoms with Crippen LogP contribution < -0.4 is 10.9 Å². The van der Waals surface area contributed by atoms with Gasteiger partial charge in [0.05, 0.1) is 6.61 Å². The second kappa shape index (κ2) is 6.94. The van der Waals surface area contributed by atoms with E-state index >= 15 is 0 Å². The number of hydrogen-bond acceptors (Lipinski definition) is 4. The number of furan rings is 1. The normalized spacial score (nSPS) is 11.0. The molecule has 0 spiro atoms. The van der Waals surface area contributed by atoms with E-state index in [-0.39, 0.29) is 30.4 Å². The Balaban J connectivity index is 1.88. The molecule has 3 aromatic rings. The van der Waals surface area contributed by atoms with Gasteiger partial charge >= 0.3 is 0 Å². The van der Waals surface area contributed by atoms with Crippen LogP contribution in [0.3, 0.4) is 0 Å². The molecule has 1 amide bonds. The van der Waals surface area contributed by atoms with Crippen molar-refractivity contribution in [3.05, 3.63) is 68.8 Å². The van der Waals surface area contributed by atoms with Gasteiger partial charge in [-0.15, -0.1) is 0 Å². The Morgan fingerprint density at radius 3 is 2.72 bits per heavy atom. The molecule has 0 saturated heterocycles. The average Bonchev–Trinajstić information content (AvgIpc) is 2.93. The summed E-state index contributed by atoms with van der Waals surface area (Å²) in [4.78, 5) is 27.4. The standard InChI is InChI=1S/C19H20N2O4/c1-11-8-12(2)21-18(22)14(11)9-20-19(23)17-15(10-24-3)13-6-4-5-7-16(13)25-17/h4-8H,9-10H2,1-3H3,(H,20,23)(H,21,22). The van der Waals surface area contributed by atoms with Crippen LogP contribution in [0.15, 0.2) is 39.5 Å². The van der Waals surface area contributed by atoms with E-state index in [1.807, 2.05) is 38.1 Å². The molecule has 0 atom stereocenters. The molecule has 0 unspecified atom stereocenters. The highest BCUT2D eigenvalue weighted by molar-refractivity contribution is 5.99. The van der Waals surface area contributed by atoms with E-state index in [0.29, 0.717) is 16.7 Å².